The van der Waals surface area contributed by atoms with Gasteiger partial charge in [-0.15, -0.1) is 0 Å². The van der Waals surface area contributed by atoms with E-state index in [1.165, 1.54) is 6.07 Å². The van der Waals surface area contributed by atoms with Crippen LogP contribution in [-0.4, -0.2) is 10.5 Å². The molecule has 1 radical (unpaired) electrons. The number of primary amides is 1. The molecule has 0 aliphatic carbocycles. The van der Waals surface area contributed by atoms with Gasteiger partial charge >= 0.3 is 0 Å². The minimum atomic E-state index is -0.493. The van der Waals surface area contributed by atoms with E-state index in [-0.39, 0.29) is 5.02 Å². The Kier molecular flexibility index (Phi) is 5.29. The Bertz CT molecular complexity index is 1230. The van der Waals surface area contributed by atoms with Crippen molar-refractivity contribution in [1.82, 2.24) is 4.57 Å². The number of halogens is 2. The standard InChI is InChI=1S/C24H21ClFN2O/c1-2-3-6-15-11-12-17-21(13-15)28(14-16-7-4-9-19(25)23(16)26)20-10-5-8-18(22(17)20)24(27)29/h4-5,7-11,13H,2-3,6,14H2,1H3,(H2,27,29). The highest BCUT2D eigenvalue weighted by Crippen LogP contribution is 2.33. The molecule has 0 aliphatic rings. The Morgan fingerprint density at radius 1 is 1.21 bits per heavy atom. The van der Waals surface area contributed by atoms with Crippen molar-refractivity contribution in [3.8, 4) is 0 Å². The Hall–Kier alpha value is -2.85. The van der Waals surface area contributed by atoms with Crippen molar-refractivity contribution in [3.05, 3.63) is 82.1 Å². The third-order valence-electron chi connectivity index (χ3n) is 5.30. The lowest BCUT2D eigenvalue weighted by Gasteiger charge is -2.10. The van der Waals surface area contributed by atoms with Gasteiger partial charge < -0.3 is 10.3 Å². The first-order chi connectivity index (χ1) is 14.0. The molecule has 0 unspecified atom stereocenters. The third-order valence-corrected chi connectivity index (χ3v) is 5.59. The first-order valence-electron chi connectivity index (χ1n) is 9.69. The first-order valence-corrected chi connectivity index (χ1v) is 10.1. The number of nitrogens with zero attached hydrogens (tertiary/aromatic N) is 1. The number of aryl methyl sites for hydroxylation is 1. The molecule has 0 saturated carbocycles. The van der Waals surface area contributed by atoms with Crippen LogP contribution in [0.2, 0.25) is 5.02 Å². The van der Waals surface area contributed by atoms with Crippen LogP contribution in [0.4, 0.5) is 4.39 Å². The minimum absolute atomic E-state index is 0.0938. The molecule has 3 nitrogen and oxygen atoms in total. The zero-order valence-electron chi connectivity index (χ0n) is 16.1. The van der Waals surface area contributed by atoms with E-state index in [0.717, 1.165) is 46.6 Å². The number of carbonyl (C=O) groups is 1. The number of aromatic nitrogens is 1. The molecule has 3 aromatic carbocycles. The van der Waals surface area contributed by atoms with Crippen LogP contribution in [0.15, 0.2) is 48.5 Å². The summed E-state index contributed by atoms with van der Waals surface area (Å²) in [5.74, 6) is -0.923. The zero-order valence-corrected chi connectivity index (χ0v) is 16.9. The van der Waals surface area contributed by atoms with E-state index < -0.39 is 11.7 Å². The van der Waals surface area contributed by atoms with Crippen LogP contribution in [0.5, 0.6) is 0 Å². The van der Waals surface area contributed by atoms with Crippen molar-refractivity contribution in [1.29, 1.82) is 0 Å². The quantitative estimate of drug-likeness (QED) is 0.426. The normalized spacial score (nSPS) is 11.4. The number of hydrogen-bond acceptors (Lipinski definition) is 1. The maximum Gasteiger partial charge on any atom is 0.249 e. The van der Waals surface area contributed by atoms with E-state index in [2.05, 4.69) is 19.1 Å². The number of fused-ring (bicyclic) bond motifs is 3. The summed E-state index contributed by atoms with van der Waals surface area (Å²) >= 11 is 5.99. The molecule has 0 bridgehead atoms. The smallest absolute Gasteiger partial charge is 0.249 e. The molecule has 1 heterocycles. The lowest BCUT2D eigenvalue weighted by atomic mass is 10.0. The Labute approximate surface area is 173 Å². The van der Waals surface area contributed by atoms with Gasteiger partial charge in [-0.3, -0.25) is 4.79 Å². The van der Waals surface area contributed by atoms with Gasteiger partial charge in [-0.1, -0.05) is 49.2 Å². The van der Waals surface area contributed by atoms with Gasteiger partial charge in [-0.05, 0) is 48.7 Å². The molecular formula is C24H21ClFN2O. The van der Waals surface area contributed by atoms with Gasteiger partial charge in [-0.2, -0.15) is 0 Å². The average Bonchev–Trinajstić information content (AvgIpc) is 3.03. The van der Waals surface area contributed by atoms with E-state index in [9.17, 15) is 9.18 Å². The van der Waals surface area contributed by atoms with E-state index >= 15 is 0 Å². The molecule has 0 atom stereocenters. The summed E-state index contributed by atoms with van der Waals surface area (Å²) < 4.78 is 16.6. The van der Waals surface area contributed by atoms with Crippen molar-refractivity contribution in [2.75, 3.05) is 0 Å². The fourth-order valence-corrected chi connectivity index (χ4v) is 4.03. The van der Waals surface area contributed by atoms with Crippen molar-refractivity contribution in [3.63, 3.8) is 0 Å². The number of unbranched alkanes of at least 4 members (excludes halogenated alkanes) is 1. The number of amides is 1. The minimum Gasteiger partial charge on any atom is -0.366 e. The van der Waals surface area contributed by atoms with Crippen molar-refractivity contribution in [2.45, 2.75) is 32.7 Å². The van der Waals surface area contributed by atoms with Crippen molar-refractivity contribution in [2.24, 2.45) is 5.73 Å². The second-order valence-electron chi connectivity index (χ2n) is 7.23. The summed E-state index contributed by atoms with van der Waals surface area (Å²) in [4.78, 5) is 12.1. The molecule has 0 aliphatic heterocycles. The van der Waals surface area contributed by atoms with Crippen LogP contribution in [0, 0.1) is 11.9 Å². The zero-order chi connectivity index (χ0) is 20.5. The highest BCUT2D eigenvalue weighted by atomic mass is 35.5. The molecule has 29 heavy (non-hydrogen) atoms. The Morgan fingerprint density at radius 3 is 2.76 bits per heavy atom. The third kappa shape index (κ3) is 3.49. The van der Waals surface area contributed by atoms with Gasteiger partial charge in [-0.25, -0.2) is 4.39 Å². The van der Waals surface area contributed by atoms with Crippen LogP contribution in [0.25, 0.3) is 21.8 Å². The van der Waals surface area contributed by atoms with Crippen LogP contribution in [-0.2, 0) is 13.0 Å². The lowest BCUT2D eigenvalue weighted by Crippen LogP contribution is -2.11. The van der Waals surface area contributed by atoms with Crippen LogP contribution >= 0.6 is 11.6 Å². The number of hydrogen-bond donors (Lipinski definition) is 1. The summed E-state index contributed by atoms with van der Waals surface area (Å²) in [6, 6.07) is 17.9. The fraction of sp³-hybridized carbons (Fsp3) is 0.208. The number of benzene rings is 3. The summed E-state index contributed by atoms with van der Waals surface area (Å²) in [5, 5.41) is 1.66. The molecule has 0 spiro atoms. The Balaban J connectivity index is 1.99. The van der Waals surface area contributed by atoms with Crippen molar-refractivity contribution >= 4 is 39.3 Å². The van der Waals surface area contributed by atoms with Gasteiger partial charge in [0.05, 0.1) is 22.6 Å². The molecule has 4 aromatic rings. The van der Waals surface area contributed by atoms with Crippen molar-refractivity contribution < 1.29 is 9.18 Å². The second kappa shape index (κ2) is 7.88. The highest BCUT2D eigenvalue weighted by Gasteiger charge is 2.18. The molecule has 147 valence electrons. The van der Waals surface area contributed by atoms with Gasteiger partial charge in [0, 0.05) is 21.9 Å². The molecule has 1 aromatic heterocycles. The number of carbonyl (C=O) groups excluding carboxylic acids is 1. The number of rotatable bonds is 6. The highest BCUT2D eigenvalue weighted by molar-refractivity contribution is 6.30. The molecular weight excluding hydrogens is 387 g/mol. The second-order valence-corrected chi connectivity index (χ2v) is 7.64. The Morgan fingerprint density at radius 2 is 2.00 bits per heavy atom. The first kappa shape index (κ1) is 19.5. The predicted molar refractivity (Wildman–Crippen MR) is 116 cm³/mol. The summed E-state index contributed by atoms with van der Waals surface area (Å²) in [7, 11) is 0. The van der Waals surface area contributed by atoms with Crippen LogP contribution < -0.4 is 5.73 Å². The maximum atomic E-state index is 14.6. The SMILES string of the molecule is CCCCc1c[c]c2c3c(C(N)=O)cccc3n(Cc3cccc(Cl)c3F)c2c1. The van der Waals surface area contributed by atoms with Gasteiger partial charge in [0.1, 0.15) is 5.82 Å². The molecule has 1 amide bonds. The predicted octanol–water partition coefficient (Wildman–Crippen LogP) is 5.88. The van der Waals surface area contributed by atoms with E-state index in [1.54, 1.807) is 24.3 Å². The molecule has 5 heteroatoms. The van der Waals surface area contributed by atoms with Gasteiger partial charge in [0.25, 0.3) is 0 Å². The molecule has 2 N–H and O–H groups in total. The summed E-state index contributed by atoms with van der Waals surface area (Å²) in [6.07, 6.45) is 3.12. The van der Waals surface area contributed by atoms with Gasteiger partial charge in [0.15, 0.2) is 0 Å². The molecule has 0 fully saturated rings. The maximum absolute atomic E-state index is 14.6. The summed E-state index contributed by atoms with van der Waals surface area (Å²) in [6.45, 7) is 2.44. The topological polar surface area (TPSA) is 48.0 Å². The van der Waals surface area contributed by atoms with Crippen LogP contribution in [0.1, 0.15) is 41.3 Å². The monoisotopic (exact) mass is 407 g/mol. The van der Waals surface area contributed by atoms with E-state index in [1.807, 2.05) is 16.7 Å². The largest absolute Gasteiger partial charge is 0.366 e. The number of nitrogens with two attached hydrogens (primary N) is 1. The molecule has 4 rings (SSSR count). The van der Waals surface area contributed by atoms with Gasteiger partial charge in [0.2, 0.25) is 5.91 Å². The van der Waals surface area contributed by atoms with E-state index in [0.29, 0.717) is 17.7 Å². The van der Waals surface area contributed by atoms with E-state index in [4.69, 9.17) is 17.3 Å². The fourth-order valence-electron chi connectivity index (χ4n) is 3.84. The summed E-state index contributed by atoms with van der Waals surface area (Å²) in [5.41, 5.74) is 9.44. The van der Waals surface area contributed by atoms with Crippen LogP contribution in [0.3, 0.4) is 0 Å². The molecule has 0 saturated heterocycles. The average molecular weight is 408 g/mol. The lowest BCUT2D eigenvalue weighted by molar-refractivity contribution is 0.100.